The van der Waals surface area contributed by atoms with Crippen LogP contribution < -0.4 is 0 Å². The van der Waals surface area contributed by atoms with Crippen LogP contribution in [0.25, 0.3) is 0 Å². The molecule has 0 aliphatic heterocycles. The zero-order valence-electron chi connectivity index (χ0n) is 20.8. The van der Waals surface area contributed by atoms with E-state index >= 15 is 0 Å². The van der Waals surface area contributed by atoms with E-state index in [0.717, 1.165) is 17.9 Å². The third kappa shape index (κ3) is 18.2. The standard InChI is InChI=1S/C22H44N4O2S2/c1-17(2)15-22(10,26-25-21(7,8)9)30-14-12-28-19(27)11-13-29-18(3)16-23-24-20(4,5)6/h17-18H,11-16H2,1-10H3/b24-23+,26-25+. The van der Waals surface area contributed by atoms with Gasteiger partial charge in [0, 0.05) is 16.8 Å². The number of rotatable bonds is 13. The number of ether oxygens (including phenoxy) is 1. The normalized spacial score (nSPS) is 16.4. The number of nitrogens with zero attached hydrogens (tertiary/aromatic N) is 4. The monoisotopic (exact) mass is 460 g/mol. The number of azo groups is 2. The molecule has 0 radical (unpaired) electrons. The molecule has 0 heterocycles. The van der Waals surface area contributed by atoms with Crippen molar-refractivity contribution in [1.82, 2.24) is 0 Å². The van der Waals surface area contributed by atoms with E-state index in [-0.39, 0.29) is 21.9 Å². The molecule has 0 spiro atoms. The summed E-state index contributed by atoms with van der Waals surface area (Å²) >= 11 is 3.44. The Morgan fingerprint density at radius 3 is 2.03 bits per heavy atom. The number of carbonyl (C=O) groups excluding carboxylic acids is 1. The topological polar surface area (TPSA) is 75.7 Å². The molecule has 0 aromatic heterocycles. The lowest BCUT2D eigenvalue weighted by Crippen LogP contribution is -2.23. The molecule has 0 aromatic carbocycles. The summed E-state index contributed by atoms with van der Waals surface area (Å²) in [5, 5.41) is 17.9. The molecule has 0 aromatic rings. The molecule has 0 amide bonds. The van der Waals surface area contributed by atoms with E-state index < -0.39 is 0 Å². The van der Waals surface area contributed by atoms with Crippen LogP contribution in [-0.2, 0) is 9.53 Å². The van der Waals surface area contributed by atoms with Gasteiger partial charge in [0.05, 0.1) is 24.0 Å². The van der Waals surface area contributed by atoms with Crippen molar-refractivity contribution in [3.63, 3.8) is 0 Å². The molecule has 0 rings (SSSR count). The highest BCUT2D eigenvalue weighted by Crippen LogP contribution is 2.34. The van der Waals surface area contributed by atoms with Crippen LogP contribution in [-0.4, -0.2) is 51.8 Å². The van der Waals surface area contributed by atoms with E-state index in [2.05, 4.69) is 48.2 Å². The van der Waals surface area contributed by atoms with E-state index in [9.17, 15) is 4.79 Å². The first-order valence-corrected chi connectivity index (χ1v) is 12.9. The highest BCUT2D eigenvalue weighted by atomic mass is 32.2. The Labute approximate surface area is 193 Å². The summed E-state index contributed by atoms with van der Waals surface area (Å²) in [4.78, 5) is 11.7. The van der Waals surface area contributed by atoms with Crippen molar-refractivity contribution in [2.75, 3.05) is 24.7 Å². The average molecular weight is 461 g/mol. The Morgan fingerprint density at radius 1 is 0.900 bits per heavy atom. The average Bonchev–Trinajstić information content (AvgIpc) is 2.55. The fourth-order valence-electron chi connectivity index (χ4n) is 2.40. The Hall–Kier alpha value is -0.630. The van der Waals surface area contributed by atoms with Crippen LogP contribution in [0.2, 0.25) is 0 Å². The first-order chi connectivity index (χ1) is 13.6. The lowest BCUT2D eigenvalue weighted by Gasteiger charge is -2.26. The second-order valence-electron chi connectivity index (χ2n) is 10.2. The van der Waals surface area contributed by atoms with Gasteiger partial charge in [-0.05, 0) is 60.8 Å². The second kappa shape index (κ2) is 13.7. The van der Waals surface area contributed by atoms with Gasteiger partial charge in [-0.25, -0.2) is 0 Å². The predicted molar refractivity (Wildman–Crippen MR) is 132 cm³/mol. The van der Waals surface area contributed by atoms with Crippen LogP contribution in [0, 0.1) is 5.92 Å². The number of hydrogen-bond acceptors (Lipinski definition) is 8. The van der Waals surface area contributed by atoms with E-state index in [4.69, 9.17) is 4.74 Å². The third-order valence-electron chi connectivity index (χ3n) is 3.53. The van der Waals surface area contributed by atoms with Crippen molar-refractivity contribution >= 4 is 29.5 Å². The SMILES string of the molecule is CC(C)CC(C)(/N=N/C(C)(C)C)SCCOC(=O)CCSC(C)C/N=N/C(C)(C)C. The number of thioether (sulfide) groups is 2. The van der Waals surface area contributed by atoms with E-state index in [1.807, 2.05) is 41.5 Å². The van der Waals surface area contributed by atoms with Gasteiger partial charge in [0.2, 0.25) is 0 Å². The summed E-state index contributed by atoms with van der Waals surface area (Å²) < 4.78 is 5.41. The molecule has 0 N–H and O–H groups in total. The van der Waals surface area contributed by atoms with Crippen LogP contribution in [0.4, 0.5) is 0 Å². The van der Waals surface area contributed by atoms with Crippen LogP contribution in [0.15, 0.2) is 20.5 Å². The van der Waals surface area contributed by atoms with E-state index in [0.29, 0.717) is 30.7 Å². The van der Waals surface area contributed by atoms with Gasteiger partial charge >= 0.3 is 5.97 Å². The molecule has 176 valence electrons. The van der Waals surface area contributed by atoms with Crippen molar-refractivity contribution in [3.8, 4) is 0 Å². The van der Waals surface area contributed by atoms with Gasteiger partial charge in [-0.15, -0.1) is 11.8 Å². The summed E-state index contributed by atoms with van der Waals surface area (Å²) in [5.41, 5.74) is -0.320. The van der Waals surface area contributed by atoms with E-state index in [1.165, 1.54) is 0 Å². The fourth-order valence-corrected chi connectivity index (χ4v) is 4.41. The Morgan fingerprint density at radius 2 is 1.50 bits per heavy atom. The highest BCUT2D eigenvalue weighted by Gasteiger charge is 2.27. The summed E-state index contributed by atoms with van der Waals surface area (Å²) in [5.74, 6) is 1.83. The molecule has 0 aliphatic carbocycles. The molecule has 0 bridgehead atoms. The predicted octanol–water partition coefficient (Wildman–Crippen LogP) is 7.04. The minimum absolute atomic E-state index is 0.133. The van der Waals surface area contributed by atoms with E-state index in [1.54, 1.807) is 23.5 Å². The molecular formula is C22H44N4O2S2. The molecule has 0 fully saturated rings. The molecule has 8 heteroatoms. The van der Waals surface area contributed by atoms with Crippen molar-refractivity contribution < 1.29 is 9.53 Å². The Bertz CT molecular complexity index is 554. The first kappa shape index (κ1) is 29.4. The van der Waals surface area contributed by atoms with Gasteiger partial charge in [-0.3, -0.25) is 4.79 Å². The van der Waals surface area contributed by atoms with Crippen molar-refractivity contribution in [1.29, 1.82) is 0 Å². The van der Waals surface area contributed by atoms with Crippen molar-refractivity contribution in [3.05, 3.63) is 0 Å². The molecular weight excluding hydrogens is 416 g/mol. The molecule has 30 heavy (non-hydrogen) atoms. The summed E-state index contributed by atoms with van der Waals surface area (Å²) in [7, 11) is 0. The zero-order chi connectivity index (χ0) is 23.4. The highest BCUT2D eigenvalue weighted by molar-refractivity contribution is 8.00. The second-order valence-corrected chi connectivity index (χ2v) is 13.4. The molecule has 2 atom stereocenters. The quantitative estimate of drug-likeness (QED) is 0.168. The molecule has 0 saturated carbocycles. The number of carbonyl (C=O) groups is 1. The lowest BCUT2D eigenvalue weighted by atomic mass is 10.1. The maximum Gasteiger partial charge on any atom is 0.306 e. The molecule has 0 aliphatic rings. The van der Waals surface area contributed by atoms with Crippen LogP contribution in [0.5, 0.6) is 0 Å². The maximum absolute atomic E-state index is 12.0. The lowest BCUT2D eigenvalue weighted by molar-refractivity contribution is -0.142. The van der Waals surface area contributed by atoms with Crippen molar-refractivity contribution in [2.24, 2.45) is 26.4 Å². The molecule has 0 saturated heterocycles. The summed E-state index contributed by atoms with van der Waals surface area (Å²) in [6, 6.07) is 0. The van der Waals surface area contributed by atoms with Crippen molar-refractivity contribution in [2.45, 2.75) is 103 Å². The maximum atomic E-state index is 12.0. The third-order valence-corrected chi connectivity index (χ3v) is 5.92. The zero-order valence-corrected chi connectivity index (χ0v) is 22.5. The first-order valence-electron chi connectivity index (χ1n) is 10.9. The van der Waals surface area contributed by atoms with Crippen LogP contribution >= 0.6 is 23.5 Å². The van der Waals surface area contributed by atoms with Gasteiger partial charge in [0.1, 0.15) is 11.5 Å². The summed E-state index contributed by atoms with van der Waals surface area (Å²) in [6.07, 6.45) is 1.36. The van der Waals surface area contributed by atoms with Crippen LogP contribution in [0.1, 0.15) is 82.1 Å². The largest absolute Gasteiger partial charge is 0.465 e. The van der Waals surface area contributed by atoms with Gasteiger partial charge in [0.25, 0.3) is 0 Å². The minimum Gasteiger partial charge on any atom is -0.465 e. The Kier molecular flexibility index (Phi) is 13.4. The van der Waals surface area contributed by atoms with Gasteiger partial charge < -0.3 is 4.74 Å². The number of esters is 1. The van der Waals surface area contributed by atoms with Gasteiger partial charge in [-0.1, -0.05) is 20.8 Å². The number of hydrogen-bond donors (Lipinski definition) is 0. The van der Waals surface area contributed by atoms with Gasteiger partial charge in [-0.2, -0.15) is 32.2 Å². The smallest absolute Gasteiger partial charge is 0.306 e. The Balaban J connectivity index is 4.21. The van der Waals surface area contributed by atoms with Crippen LogP contribution in [0.3, 0.4) is 0 Å². The molecule has 6 nitrogen and oxygen atoms in total. The fraction of sp³-hybridized carbons (Fsp3) is 0.955. The molecule has 2 unspecified atom stereocenters. The van der Waals surface area contributed by atoms with Gasteiger partial charge in [0.15, 0.2) is 0 Å². The minimum atomic E-state index is -0.291. The summed E-state index contributed by atoms with van der Waals surface area (Å²) in [6.45, 7) is 21.9.